The average molecular weight is 335 g/mol. The van der Waals surface area contributed by atoms with Gasteiger partial charge in [-0.15, -0.1) is 15.0 Å². The molecule has 1 aliphatic rings. The van der Waals surface area contributed by atoms with Crippen molar-refractivity contribution in [3.63, 3.8) is 0 Å². The third-order valence-electron chi connectivity index (χ3n) is 4.21. The van der Waals surface area contributed by atoms with E-state index in [4.69, 9.17) is 11.6 Å². The quantitative estimate of drug-likeness (QED) is 0.928. The van der Waals surface area contributed by atoms with Crippen LogP contribution in [0, 0.1) is 0 Å². The van der Waals surface area contributed by atoms with Crippen molar-refractivity contribution in [1.29, 1.82) is 0 Å². The van der Waals surface area contributed by atoms with Gasteiger partial charge in [0.25, 0.3) is 0 Å². The third kappa shape index (κ3) is 3.17. The first-order valence-electron chi connectivity index (χ1n) is 7.83. The van der Waals surface area contributed by atoms with Crippen LogP contribution in [0.25, 0.3) is 5.69 Å². The molecule has 1 aliphatic heterocycles. The van der Waals surface area contributed by atoms with Crippen molar-refractivity contribution in [2.75, 3.05) is 11.4 Å². The van der Waals surface area contributed by atoms with Crippen molar-refractivity contribution in [2.24, 2.45) is 0 Å². The van der Waals surface area contributed by atoms with Crippen molar-refractivity contribution in [1.82, 2.24) is 15.0 Å². The summed E-state index contributed by atoms with van der Waals surface area (Å²) in [6.07, 6.45) is 4.22. The molecule has 1 aromatic carbocycles. The number of aromatic nitrogens is 3. The minimum absolute atomic E-state index is 0.00896. The van der Waals surface area contributed by atoms with E-state index in [9.17, 15) is 9.90 Å². The Hall–Kier alpha value is -2.08. The Morgan fingerprint density at radius 1 is 1.39 bits per heavy atom. The highest BCUT2D eigenvalue weighted by Gasteiger charge is 2.29. The standard InChI is InChI=1S/C16H19ClN4O2/c1-2-12-7-3-4-9-20(12)15-14(16(22)23)18-21(19-15)13-8-5-6-11(17)10-13/h5-6,8,10,12H,2-4,7,9H2,1H3,(H,22,23). The molecule has 2 heterocycles. The number of piperidine rings is 1. The lowest BCUT2D eigenvalue weighted by Crippen LogP contribution is -2.40. The van der Waals surface area contributed by atoms with E-state index in [-0.39, 0.29) is 5.69 Å². The second-order valence-corrected chi connectivity index (χ2v) is 6.13. The van der Waals surface area contributed by atoms with Crippen LogP contribution in [0.4, 0.5) is 5.82 Å². The van der Waals surface area contributed by atoms with Crippen LogP contribution in [-0.2, 0) is 0 Å². The molecule has 0 amide bonds. The first-order chi connectivity index (χ1) is 11.1. The van der Waals surface area contributed by atoms with Crippen molar-refractivity contribution >= 4 is 23.4 Å². The zero-order valence-electron chi connectivity index (χ0n) is 12.9. The summed E-state index contributed by atoms with van der Waals surface area (Å²) >= 11 is 6.00. The number of carboxylic acid groups (broad SMARTS) is 1. The predicted molar refractivity (Wildman–Crippen MR) is 88.6 cm³/mol. The Morgan fingerprint density at radius 3 is 2.91 bits per heavy atom. The molecule has 23 heavy (non-hydrogen) atoms. The highest BCUT2D eigenvalue weighted by Crippen LogP contribution is 2.28. The summed E-state index contributed by atoms with van der Waals surface area (Å²) in [6, 6.07) is 7.37. The summed E-state index contributed by atoms with van der Waals surface area (Å²) in [5, 5.41) is 18.7. The molecule has 7 heteroatoms. The molecule has 0 bridgehead atoms. The lowest BCUT2D eigenvalue weighted by molar-refractivity contribution is 0.0690. The van der Waals surface area contributed by atoms with Gasteiger partial charge < -0.3 is 10.0 Å². The van der Waals surface area contributed by atoms with Gasteiger partial charge in [0.1, 0.15) is 0 Å². The third-order valence-corrected chi connectivity index (χ3v) is 4.44. The van der Waals surface area contributed by atoms with E-state index in [0.717, 1.165) is 25.8 Å². The molecule has 1 fully saturated rings. The molecule has 1 aromatic heterocycles. The molecule has 0 spiro atoms. The van der Waals surface area contributed by atoms with Gasteiger partial charge in [0, 0.05) is 17.6 Å². The summed E-state index contributed by atoms with van der Waals surface area (Å²) in [4.78, 5) is 15.0. The van der Waals surface area contributed by atoms with E-state index in [2.05, 4.69) is 22.0 Å². The molecular weight excluding hydrogens is 316 g/mol. The summed E-state index contributed by atoms with van der Waals surface area (Å²) in [5.41, 5.74) is 0.640. The number of benzene rings is 1. The van der Waals surface area contributed by atoms with E-state index >= 15 is 0 Å². The SMILES string of the molecule is CCC1CCCCN1c1nn(-c2cccc(Cl)c2)nc1C(=O)O. The number of carbonyl (C=O) groups is 1. The zero-order chi connectivity index (χ0) is 16.4. The molecule has 0 radical (unpaired) electrons. The number of hydrogen-bond acceptors (Lipinski definition) is 4. The smallest absolute Gasteiger partial charge is 0.360 e. The minimum atomic E-state index is -1.06. The van der Waals surface area contributed by atoms with Gasteiger partial charge in [-0.3, -0.25) is 0 Å². The monoisotopic (exact) mass is 334 g/mol. The fourth-order valence-electron chi connectivity index (χ4n) is 3.05. The molecular formula is C16H19ClN4O2. The summed E-state index contributed by atoms with van der Waals surface area (Å²) in [5.74, 6) is -0.613. The molecule has 1 atom stereocenters. The lowest BCUT2D eigenvalue weighted by Gasteiger charge is -2.35. The van der Waals surface area contributed by atoms with E-state index in [1.165, 1.54) is 11.2 Å². The Labute approximate surface area is 139 Å². The maximum absolute atomic E-state index is 11.6. The maximum Gasteiger partial charge on any atom is 0.360 e. The van der Waals surface area contributed by atoms with E-state index in [1.807, 2.05) is 0 Å². The fourth-order valence-corrected chi connectivity index (χ4v) is 3.24. The molecule has 0 saturated carbocycles. The number of rotatable bonds is 4. The molecule has 0 aliphatic carbocycles. The van der Waals surface area contributed by atoms with Crippen molar-refractivity contribution < 1.29 is 9.90 Å². The molecule has 122 valence electrons. The number of carboxylic acids is 1. The second kappa shape index (κ2) is 6.58. The molecule has 3 rings (SSSR count). The van der Waals surface area contributed by atoms with E-state index in [1.54, 1.807) is 24.3 Å². The second-order valence-electron chi connectivity index (χ2n) is 5.70. The van der Waals surface area contributed by atoms with Crippen LogP contribution in [-0.4, -0.2) is 38.7 Å². The van der Waals surface area contributed by atoms with Crippen LogP contribution in [0.3, 0.4) is 0 Å². The Bertz CT molecular complexity index is 716. The van der Waals surface area contributed by atoms with Crippen LogP contribution >= 0.6 is 11.6 Å². The number of hydrogen-bond donors (Lipinski definition) is 1. The Balaban J connectivity index is 2.04. The number of halogens is 1. The zero-order valence-corrected chi connectivity index (χ0v) is 13.7. The van der Waals surface area contributed by atoms with Crippen LogP contribution in [0.2, 0.25) is 5.02 Å². The number of aromatic carboxylic acids is 1. The van der Waals surface area contributed by atoms with Gasteiger partial charge >= 0.3 is 5.97 Å². The number of anilines is 1. The van der Waals surface area contributed by atoms with E-state index < -0.39 is 5.97 Å². The van der Waals surface area contributed by atoms with Crippen molar-refractivity contribution in [2.45, 2.75) is 38.6 Å². The first-order valence-corrected chi connectivity index (χ1v) is 8.21. The van der Waals surface area contributed by atoms with Gasteiger partial charge in [-0.25, -0.2) is 4.79 Å². The molecule has 6 nitrogen and oxygen atoms in total. The van der Waals surface area contributed by atoms with Gasteiger partial charge in [0.2, 0.25) is 5.69 Å². The van der Waals surface area contributed by atoms with Gasteiger partial charge in [0.15, 0.2) is 5.82 Å². The van der Waals surface area contributed by atoms with Crippen molar-refractivity contribution in [3.8, 4) is 5.69 Å². The van der Waals surface area contributed by atoms with Gasteiger partial charge in [-0.1, -0.05) is 24.6 Å². The van der Waals surface area contributed by atoms with Crippen LogP contribution in [0.5, 0.6) is 0 Å². The summed E-state index contributed by atoms with van der Waals surface area (Å²) < 4.78 is 0. The van der Waals surface area contributed by atoms with E-state index in [0.29, 0.717) is 22.6 Å². The summed E-state index contributed by atoms with van der Waals surface area (Å²) in [7, 11) is 0. The highest BCUT2D eigenvalue weighted by atomic mass is 35.5. The molecule has 2 aromatic rings. The highest BCUT2D eigenvalue weighted by molar-refractivity contribution is 6.30. The molecule has 1 unspecified atom stereocenters. The van der Waals surface area contributed by atoms with Crippen LogP contribution < -0.4 is 4.90 Å². The largest absolute Gasteiger partial charge is 0.476 e. The normalized spacial score (nSPS) is 18.2. The summed E-state index contributed by atoms with van der Waals surface area (Å²) in [6.45, 7) is 2.93. The predicted octanol–water partition coefficient (Wildman–Crippen LogP) is 3.39. The van der Waals surface area contributed by atoms with Crippen molar-refractivity contribution in [3.05, 3.63) is 35.0 Å². The van der Waals surface area contributed by atoms with Gasteiger partial charge in [-0.2, -0.15) is 0 Å². The number of nitrogens with zero attached hydrogens (tertiary/aromatic N) is 4. The van der Waals surface area contributed by atoms with Crippen LogP contribution in [0.15, 0.2) is 24.3 Å². The first kappa shape index (κ1) is 15.8. The molecule has 1 N–H and O–H groups in total. The van der Waals surface area contributed by atoms with Gasteiger partial charge in [0.05, 0.1) is 5.69 Å². The van der Waals surface area contributed by atoms with Crippen LogP contribution in [0.1, 0.15) is 43.1 Å². The Kier molecular flexibility index (Phi) is 4.52. The average Bonchev–Trinajstić information content (AvgIpc) is 3.00. The topological polar surface area (TPSA) is 71.2 Å². The molecule has 1 saturated heterocycles. The maximum atomic E-state index is 11.6. The Morgan fingerprint density at radius 2 is 2.22 bits per heavy atom. The lowest BCUT2D eigenvalue weighted by atomic mass is 10.00. The minimum Gasteiger partial charge on any atom is -0.476 e. The van der Waals surface area contributed by atoms with Gasteiger partial charge in [-0.05, 0) is 43.9 Å². The fraction of sp³-hybridized carbons (Fsp3) is 0.438.